The van der Waals surface area contributed by atoms with E-state index in [0.29, 0.717) is 38.4 Å². The maximum atomic E-state index is 12.2. The van der Waals surface area contributed by atoms with E-state index in [1.54, 1.807) is 17.0 Å². The Balaban J connectivity index is 1.89. The summed E-state index contributed by atoms with van der Waals surface area (Å²) in [6, 6.07) is 7.18. The number of carbonyl (C=O) groups is 2. The van der Waals surface area contributed by atoms with Gasteiger partial charge in [0.2, 0.25) is 5.91 Å². The van der Waals surface area contributed by atoms with Gasteiger partial charge >= 0.3 is 0 Å². The van der Waals surface area contributed by atoms with Crippen molar-refractivity contribution in [2.24, 2.45) is 0 Å². The Hall–Kier alpha value is -2.08. The molecule has 2 N–H and O–H groups in total. The molecule has 1 aromatic carbocycles. The third kappa shape index (κ3) is 4.46. The first-order valence-corrected chi connectivity index (χ1v) is 7.18. The van der Waals surface area contributed by atoms with E-state index in [4.69, 9.17) is 4.74 Å². The quantitative estimate of drug-likeness (QED) is 0.838. The van der Waals surface area contributed by atoms with Gasteiger partial charge in [-0.3, -0.25) is 9.59 Å². The zero-order chi connectivity index (χ0) is 15.1. The summed E-state index contributed by atoms with van der Waals surface area (Å²) in [5.41, 5.74) is 1.47. The highest BCUT2D eigenvalue weighted by molar-refractivity contribution is 5.94. The van der Waals surface area contributed by atoms with E-state index < -0.39 is 0 Å². The van der Waals surface area contributed by atoms with Crippen LogP contribution in [0.15, 0.2) is 24.3 Å². The number of anilines is 1. The zero-order valence-corrected chi connectivity index (χ0v) is 12.2. The van der Waals surface area contributed by atoms with Crippen molar-refractivity contribution in [3.63, 3.8) is 0 Å². The summed E-state index contributed by atoms with van der Waals surface area (Å²) in [5, 5.41) is 5.73. The minimum atomic E-state index is -0.0500. The molecule has 0 radical (unpaired) electrons. The normalized spacial score (nSPS) is 14.6. The number of rotatable bonds is 5. The summed E-state index contributed by atoms with van der Waals surface area (Å²) < 4.78 is 5.24. The number of nitrogens with one attached hydrogen (secondary N) is 2. The minimum absolute atomic E-state index is 0.0218. The van der Waals surface area contributed by atoms with Crippen LogP contribution in [0, 0.1) is 0 Å². The molecule has 0 atom stereocenters. The molecule has 1 aromatic rings. The van der Waals surface area contributed by atoms with Gasteiger partial charge in [-0.2, -0.15) is 0 Å². The van der Waals surface area contributed by atoms with Crippen LogP contribution in [-0.4, -0.2) is 56.1 Å². The van der Waals surface area contributed by atoms with Crippen molar-refractivity contribution < 1.29 is 14.3 Å². The second-order valence-electron chi connectivity index (χ2n) is 4.79. The molecule has 6 nitrogen and oxygen atoms in total. The van der Waals surface area contributed by atoms with Crippen LogP contribution in [-0.2, 0) is 9.53 Å². The lowest BCUT2D eigenvalue weighted by molar-refractivity contribution is -0.119. The van der Waals surface area contributed by atoms with E-state index in [-0.39, 0.29) is 18.4 Å². The third-order valence-corrected chi connectivity index (χ3v) is 3.26. The predicted octanol–water partition coefficient (Wildman–Crippen LogP) is 0.707. The number of carbonyl (C=O) groups excluding carboxylic acids is 2. The summed E-state index contributed by atoms with van der Waals surface area (Å²) in [6.07, 6.45) is 0. The smallest absolute Gasteiger partial charge is 0.254 e. The van der Waals surface area contributed by atoms with Crippen LogP contribution in [0.4, 0.5) is 5.69 Å². The van der Waals surface area contributed by atoms with Gasteiger partial charge in [0.05, 0.1) is 19.8 Å². The second kappa shape index (κ2) is 7.64. The van der Waals surface area contributed by atoms with Crippen LogP contribution >= 0.6 is 0 Å². The van der Waals surface area contributed by atoms with Gasteiger partial charge in [-0.15, -0.1) is 0 Å². The number of hydrogen-bond acceptors (Lipinski definition) is 4. The largest absolute Gasteiger partial charge is 0.378 e. The average molecular weight is 291 g/mol. The van der Waals surface area contributed by atoms with Crippen LogP contribution in [0.5, 0.6) is 0 Å². The molecule has 1 fully saturated rings. The van der Waals surface area contributed by atoms with Gasteiger partial charge in [0.1, 0.15) is 0 Å². The second-order valence-corrected chi connectivity index (χ2v) is 4.79. The number of hydrogen-bond donors (Lipinski definition) is 2. The molecule has 0 aromatic heterocycles. The molecule has 21 heavy (non-hydrogen) atoms. The standard InChI is InChI=1S/C15H21N3O3/c1-2-16-14(19)11-17-13-5-3-12(4-6-13)15(20)18-7-9-21-10-8-18/h3-6,17H,2,7-11H2,1H3,(H,16,19). The number of morpholine rings is 1. The van der Waals surface area contributed by atoms with Crippen LogP contribution in [0.2, 0.25) is 0 Å². The summed E-state index contributed by atoms with van der Waals surface area (Å²) >= 11 is 0. The third-order valence-electron chi connectivity index (χ3n) is 3.26. The highest BCUT2D eigenvalue weighted by atomic mass is 16.5. The summed E-state index contributed by atoms with van der Waals surface area (Å²) in [5.74, 6) is -0.0282. The molecule has 0 saturated carbocycles. The Labute approximate surface area is 124 Å². The molecule has 1 aliphatic rings. The molecule has 0 unspecified atom stereocenters. The Morgan fingerprint density at radius 2 is 1.86 bits per heavy atom. The van der Waals surface area contributed by atoms with Gasteiger partial charge in [0, 0.05) is 30.9 Å². The van der Waals surface area contributed by atoms with Gasteiger partial charge < -0.3 is 20.3 Å². The van der Waals surface area contributed by atoms with Crippen molar-refractivity contribution >= 4 is 17.5 Å². The summed E-state index contributed by atoms with van der Waals surface area (Å²) in [7, 11) is 0. The Kier molecular flexibility index (Phi) is 5.57. The number of amides is 2. The number of nitrogens with zero attached hydrogens (tertiary/aromatic N) is 1. The lowest BCUT2D eigenvalue weighted by atomic mass is 10.1. The maximum absolute atomic E-state index is 12.2. The number of likely N-dealkylation sites (N-methyl/N-ethyl adjacent to an activating group) is 1. The van der Waals surface area contributed by atoms with Gasteiger partial charge in [0.15, 0.2) is 0 Å². The van der Waals surface area contributed by atoms with E-state index in [0.717, 1.165) is 5.69 Å². The highest BCUT2D eigenvalue weighted by Gasteiger charge is 2.18. The Morgan fingerprint density at radius 3 is 2.48 bits per heavy atom. The lowest BCUT2D eigenvalue weighted by Crippen LogP contribution is -2.40. The molecule has 1 saturated heterocycles. The highest BCUT2D eigenvalue weighted by Crippen LogP contribution is 2.12. The molecular formula is C15H21N3O3. The molecule has 2 amide bonds. The average Bonchev–Trinajstić information content (AvgIpc) is 2.54. The lowest BCUT2D eigenvalue weighted by Gasteiger charge is -2.26. The van der Waals surface area contributed by atoms with E-state index in [1.165, 1.54) is 0 Å². The van der Waals surface area contributed by atoms with Crippen molar-refractivity contribution in [2.75, 3.05) is 44.7 Å². The van der Waals surface area contributed by atoms with Crippen molar-refractivity contribution in [1.82, 2.24) is 10.2 Å². The maximum Gasteiger partial charge on any atom is 0.254 e. The molecule has 6 heteroatoms. The van der Waals surface area contributed by atoms with E-state index in [2.05, 4.69) is 10.6 Å². The Morgan fingerprint density at radius 1 is 1.19 bits per heavy atom. The first kappa shape index (κ1) is 15.3. The van der Waals surface area contributed by atoms with Crippen molar-refractivity contribution in [2.45, 2.75) is 6.92 Å². The predicted molar refractivity (Wildman–Crippen MR) is 80.3 cm³/mol. The molecular weight excluding hydrogens is 270 g/mol. The molecule has 0 spiro atoms. The van der Waals surface area contributed by atoms with Crippen LogP contribution in [0.3, 0.4) is 0 Å². The first-order valence-electron chi connectivity index (χ1n) is 7.18. The fourth-order valence-corrected chi connectivity index (χ4v) is 2.12. The fourth-order valence-electron chi connectivity index (χ4n) is 2.12. The van der Waals surface area contributed by atoms with Crippen molar-refractivity contribution in [3.05, 3.63) is 29.8 Å². The van der Waals surface area contributed by atoms with E-state index >= 15 is 0 Å². The topological polar surface area (TPSA) is 70.7 Å². The Bertz CT molecular complexity index is 481. The van der Waals surface area contributed by atoms with Gasteiger partial charge in [0.25, 0.3) is 5.91 Å². The van der Waals surface area contributed by atoms with E-state index in [9.17, 15) is 9.59 Å². The van der Waals surface area contributed by atoms with Crippen LogP contribution < -0.4 is 10.6 Å². The van der Waals surface area contributed by atoms with Crippen molar-refractivity contribution in [3.8, 4) is 0 Å². The zero-order valence-electron chi connectivity index (χ0n) is 12.2. The summed E-state index contributed by atoms with van der Waals surface area (Å²) in [6.45, 7) is 5.18. The van der Waals surface area contributed by atoms with Gasteiger partial charge in [-0.25, -0.2) is 0 Å². The fraction of sp³-hybridized carbons (Fsp3) is 0.467. The van der Waals surface area contributed by atoms with Gasteiger partial charge in [-0.05, 0) is 31.2 Å². The molecule has 1 aliphatic heterocycles. The summed E-state index contributed by atoms with van der Waals surface area (Å²) in [4.78, 5) is 25.4. The number of ether oxygens (including phenoxy) is 1. The molecule has 0 bridgehead atoms. The molecule has 1 heterocycles. The van der Waals surface area contributed by atoms with E-state index in [1.807, 2.05) is 19.1 Å². The monoisotopic (exact) mass is 291 g/mol. The number of benzene rings is 1. The SMILES string of the molecule is CCNC(=O)CNc1ccc(C(=O)N2CCOCC2)cc1. The van der Waals surface area contributed by atoms with Crippen molar-refractivity contribution in [1.29, 1.82) is 0 Å². The van der Waals surface area contributed by atoms with Crippen LogP contribution in [0.25, 0.3) is 0 Å². The van der Waals surface area contributed by atoms with Crippen LogP contribution in [0.1, 0.15) is 17.3 Å². The molecule has 2 rings (SSSR count). The van der Waals surface area contributed by atoms with Gasteiger partial charge in [-0.1, -0.05) is 0 Å². The molecule has 114 valence electrons. The first-order chi connectivity index (χ1) is 10.2. The minimum Gasteiger partial charge on any atom is -0.378 e. The molecule has 0 aliphatic carbocycles.